The van der Waals surface area contributed by atoms with E-state index in [0.717, 1.165) is 12.3 Å². The number of nitrogens with one attached hydrogen (secondary N) is 2. The zero-order chi connectivity index (χ0) is 25.8. The Morgan fingerprint density at radius 2 is 1.60 bits per heavy atom. The Morgan fingerprint density at radius 1 is 0.971 bits per heavy atom. The molecule has 0 aliphatic carbocycles. The maximum Gasteiger partial charge on any atom is 0.429 e. The predicted octanol–water partition coefficient (Wildman–Crippen LogP) is 7.10. The Kier molecular flexibility index (Phi) is 7.59. The smallest absolute Gasteiger partial charge is 0.307 e. The molecule has 0 fully saturated rings. The van der Waals surface area contributed by atoms with E-state index in [2.05, 4.69) is 15.3 Å². The minimum Gasteiger partial charge on any atom is -0.307 e. The van der Waals surface area contributed by atoms with Gasteiger partial charge in [-0.25, -0.2) is 4.98 Å². The Balaban J connectivity index is 1.87. The molecule has 1 aromatic heterocycles. The molecule has 0 bridgehead atoms. The van der Waals surface area contributed by atoms with E-state index in [1.165, 1.54) is 36.4 Å². The maximum absolute atomic E-state index is 13.0. The van der Waals surface area contributed by atoms with Crippen LogP contribution in [0.2, 0.25) is 5.02 Å². The van der Waals surface area contributed by atoms with Crippen LogP contribution in [0.1, 0.15) is 27.9 Å². The molecule has 0 radical (unpaired) electrons. The monoisotopic (exact) mass is 512 g/mol. The van der Waals surface area contributed by atoms with Crippen LogP contribution >= 0.6 is 11.6 Å². The first kappa shape index (κ1) is 25.9. The Morgan fingerprint density at radius 3 is 2.20 bits per heavy atom. The quantitative estimate of drug-likeness (QED) is 0.273. The number of alkyl halides is 6. The van der Waals surface area contributed by atoms with E-state index in [9.17, 15) is 31.1 Å². The van der Waals surface area contributed by atoms with Gasteiger partial charge in [0.1, 0.15) is 11.5 Å². The fourth-order valence-corrected chi connectivity index (χ4v) is 3.02. The van der Waals surface area contributed by atoms with E-state index in [0.29, 0.717) is 6.07 Å². The molecule has 0 saturated carbocycles. The Labute approximate surface area is 200 Å². The van der Waals surface area contributed by atoms with Crippen LogP contribution in [0.15, 0.2) is 71.9 Å². The zero-order valence-corrected chi connectivity index (χ0v) is 18.3. The van der Waals surface area contributed by atoms with E-state index >= 15 is 0 Å². The molecule has 35 heavy (non-hydrogen) atoms. The normalized spacial score (nSPS) is 12.4. The van der Waals surface area contributed by atoms with Crippen LogP contribution in [-0.4, -0.2) is 28.5 Å². The van der Waals surface area contributed by atoms with Gasteiger partial charge >= 0.3 is 12.4 Å². The number of benzene rings is 2. The van der Waals surface area contributed by atoms with Crippen molar-refractivity contribution >= 4 is 40.4 Å². The summed E-state index contributed by atoms with van der Waals surface area (Å²) in [6.07, 6.45) is -9.44. The molecule has 3 rings (SSSR count). The number of aliphatic imine (C=N–C) groups is 1. The molecule has 0 atom stereocenters. The van der Waals surface area contributed by atoms with Crippen molar-refractivity contribution in [2.24, 2.45) is 4.99 Å². The first-order valence-electron chi connectivity index (χ1n) is 9.76. The second-order valence-electron chi connectivity index (χ2n) is 7.12. The van der Waals surface area contributed by atoms with Crippen LogP contribution in [0.3, 0.4) is 0 Å². The van der Waals surface area contributed by atoms with E-state index in [1.807, 2.05) is 0 Å². The maximum atomic E-state index is 13.0. The summed E-state index contributed by atoms with van der Waals surface area (Å²) in [6, 6.07) is 12.8. The molecule has 182 valence electrons. The number of hydrogen-bond donors (Lipinski definition) is 2. The largest absolute Gasteiger partial charge is 0.429 e. The van der Waals surface area contributed by atoms with Crippen LogP contribution < -0.4 is 5.32 Å². The van der Waals surface area contributed by atoms with Gasteiger partial charge in [-0.05, 0) is 42.0 Å². The predicted molar refractivity (Wildman–Crippen MR) is 120 cm³/mol. The van der Waals surface area contributed by atoms with Gasteiger partial charge in [-0.2, -0.15) is 26.3 Å². The molecule has 1 amide bonds. The Hall–Kier alpha value is -3.73. The summed E-state index contributed by atoms with van der Waals surface area (Å²) >= 11 is 6.05. The van der Waals surface area contributed by atoms with Crippen LogP contribution in [0, 0.1) is 5.41 Å². The highest BCUT2D eigenvalue weighted by molar-refractivity contribution is 6.33. The minimum absolute atomic E-state index is 0.0101. The number of amides is 1. The lowest BCUT2D eigenvalue weighted by Crippen LogP contribution is -2.25. The molecule has 3 aromatic rings. The number of halogens is 7. The van der Waals surface area contributed by atoms with Crippen LogP contribution in [0.25, 0.3) is 0 Å². The van der Waals surface area contributed by atoms with Gasteiger partial charge in [-0.15, -0.1) is 0 Å². The molecule has 0 aliphatic rings. The van der Waals surface area contributed by atoms with Crippen molar-refractivity contribution < 1.29 is 31.1 Å². The summed E-state index contributed by atoms with van der Waals surface area (Å²) in [5.74, 6) is -1.11. The van der Waals surface area contributed by atoms with Crippen molar-refractivity contribution in [2.75, 3.05) is 5.32 Å². The van der Waals surface area contributed by atoms with Crippen LogP contribution in [-0.2, 0) is 6.18 Å². The molecule has 0 spiro atoms. The van der Waals surface area contributed by atoms with E-state index in [1.54, 1.807) is 12.1 Å². The Bertz CT molecular complexity index is 1270. The summed E-state index contributed by atoms with van der Waals surface area (Å²) in [4.78, 5) is 20.3. The molecule has 0 aliphatic heterocycles. The number of rotatable bonds is 6. The average molecular weight is 513 g/mol. The zero-order valence-electron chi connectivity index (χ0n) is 17.5. The van der Waals surface area contributed by atoms with Crippen LogP contribution in [0.5, 0.6) is 0 Å². The topological polar surface area (TPSA) is 78.2 Å². The van der Waals surface area contributed by atoms with Crippen molar-refractivity contribution in [2.45, 2.75) is 18.8 Å². The molecular weight excluding hydrogens is 498 g/mol. The summed E-state index contributed by atoms with van der Waals surface area (Å²) in [7, 11) is 0. The second-order valence-corrected chi connectivity index (χ2v) is 7.53. The summed E-state index contributed by atoms with van der Waals surface area (Å²) in [6.45, 7) is 0. The van der Waals surface area contributed by atoms with Gasteiger partial charge in [0.15, 0.2) is 0 Å². The van der Waals surface area contributed by atoms with Gasteiger partial charge < -0.3 is 10.7 Å². The number of carbonyl (C=O) groups excluding carboxylic acids is 1. The molecule has 2 N–H and O–H groups in total. The molecule has 2 aromatic carbocycles. The third-order valence-corrected chi connectivity index (χ3v) is 4.92. The van der Waals surface area contributed by atoms with Gasteiger partial charge in [0.2, 0.25) is 0 Å². The summed E-state index contributed by atoms with van der Waals surface area (Å²) in [5, 5.41) is 9.77. The molecular formula is C23H15ClF6N4O. The number of para-hydroxylation sites is 1. The first-order chi connectivity index (χ1) is 16.3. The van der Waals surface area contributed by atoms with Gasteiger partial charge in [0.25, 0.3) is 5.91 Å². The summed E-state index contributed by atoms with van der Waals surface area (Å²) < 4.78 is 77.5. The van der Waals surface area contributed by atoms with E-state index in [-0.39, 0.29) is 33.4 Å². The number of pyridine rings is 1. The molecule has 1 heterocycles. The third kappa shape index (κ3) is 6.89. The van der Waals surface area contributed by atoms with Gasteiger partial charge in [-0.3, -0.25) is 9.79 Å². The van der Waals surface area contributed by atoms with E-state index in [4.69, 9.17) is 17.0 Å². The van der Waals surface area contributed by atoms with Gasteiger partial charge in [0.05, 0.1) is 22.0 Å². The summed E-state index contributed by atoms with van der Waals surface area (Å²) in [5.41, 5.74) is -2.25. The molecule has 0 saturated heterocycles. The SMILES string of the molecule is N=C(CC(=Nc1ccccc1Cl)c1ccc(C(=O)Nc2cc(C(F)(F)F)ccn2)cc1)C(F)(F)F. The van der Waals surface area contributed by atoms with Crippen molar-refractivity contribution in [3.05, 3.63) is 88.6 Å². The number of aromatic nitrogens is 1. The van der Waals surface area contributed by atoms with Gasteiger partial charge in [-0.1, -0.05) is 35.9 Å². The van der Waals surface area contributed by atoms with Crippen LogP contribution in [0.4, 0.5) is 37.8 Å². The highest BCUT2D eigenvalue weighted by atomic mass is 35.5. The number of nitrogens with zero attached hydrogens (tertiary/aromatic N) is 2. The molecule has 0 unspecified atom stereocenters. The van der Waals surface area contributed by atoms with E-state index < -0.39 is 36.0 Å². The number of hydrogen-bond acceptors (Lipinski definition) is 4. The van der Waals surface area contributed by atoms with Crippen molar-refractivity contribution in [1.82, 2.24) is 4.98 Å². The number of carbonyl (C=O) groups is 1. The number of anilines is 1. The van der Waals surface area contributed by atoms with Crippen molar-refractivity contribution in [3.63, 3.8) is 0 Å². The fourth-order valence-electron chi connectivity index (χ4n) is 2.84. The average Bonchev–Trinajstić information content (AvgIpc) is 2.79. The van der Waals surface area contributed by atoms with Crippen molar-refractivity contribution in [3.8, 4) is 0 Å². The standard InChI is InChI=1S/C23H15ClF6N4O/c24-16-3-1-2-4-17(16)33-18(12-19(31)23(28,29)30)13-5-7-14(8-6-13)21(35)34-20-11-15(9-10-32-20)22(25,26)27/h1-11,31H,12H2,(H,32,34,35). The lowest BCUT2D eigenvalue weighted by atomic mass is 10.0. The molecule has 12 heteroatoms. The third-order valence-electron chi connectivity index (χ3n) is 4.60. The van der Waals surface area contributed by atoms with Gasteiger partial charge in [0, 0.05) is 18.2 Å². The molecule has 5 nitrogen and oxygen atoms in total. The highest BCUT2D eigenvalue weighted by Crippen LogP contribution is 2.30. The first-order valence-corrected chi connectivity index (χ1v) is 10.1. The lowest BCUT2D eigenvalue weighted by molar-refractivity contribution is -0.137. The minimum atomic E-state index is -4.86. The van der Waals surface area contributed by atoms with Crippen molar-refractivity contribution in [1.29, 1.82) is 5.41 Å². The highest BCUT2D eigenvalue weighted by Gasteiger charge is 2.35. The fraction of sp³-hybridized carbons (Fsp3) is 0.130. The second kappa shape index (κ2) is 10.3. The lowest BCUT2D eigenvalue weighted by Gasteiger charge is -2.12.